The van der Waals surface area contributed by atoms with Crippen LogP contribution < -0.4 is 10.1 Å². The second kappa shape index (κ2) is 8.80. The standard InChI is InChI=1S/C16H20N2O2S2/c1-3-7-17-15(19)11-21-9-13-10-22-16(18-13)12-5-4-6-14(8-12)20-2/h4-6,8,10H,3,7,9,11H2,1-2H3,(H,17,19). The molecule has 0 saturated carbocycles. The van der Waals surface area contributed by atoms with E-state index >= 15 is 0 Å². The van der Waals surface area contributed by atoms with E-state index in [0.29, 0.717) is 5.75 Å². The Hall–Kier alpha value is -1.53. The highest BCUT2D eigenvalue weighted by Crippen LogP contribution is 2.27. The lowest BCUT2D eigenvalue weighted by Gasteiger charge is -2.02. The Morgan fingerprint density at radius 3 is 3.09 bits per heavy atom. The van der Waals surface area contributed by atoms with Crippen LogP contribution in [0.15, 0.2) is 29.6 Å². The molecular formula is C16H20N2O2S2. The van der Waals surface area contributed by atoms with E-state index in [9.17, 15) is 4.79 Å². The summed E-state index contributed by atoms with van der Waals surface area (Å²) >= 11 is 3.20. The molecule has 0 aliphatic heterocycles. The number of benzene rings is 1. The number of aromatic nitrogens is 1. The first kappa shape index (κ1) is 16.8. The second-order valence-electron chi connectivity index (χ2n) is 4.72. The van der Waals surface area contributed by atoms with Crippen LogP contribution in [-0.2, 0) is 10.5 Å². The molecule has 1 heterocycles. The van der Waals surface area contributed by atoms with Crippen LogP contribution in [0.5, 0.6) is 5.75 Å². The maximum atomic E-state index is 11.5. The summed E-state index contributed by atoms with van der Waals surface area (Å²) in [5.41, 5.74) is 2.07. The molecule has 0 radical (unpaired) electrons. The molecule has 22 heavy (non-hydrogen) atoms. The van der Waals surface area contributed by atoms with Crippen LogP contribution in [0.25, 0.3) is 10.6 Å². The summed E-state index contributed by atoms with van der Waals surface area (Å²) in [7, 11) is 1.66. The molecular weight excluding hydrogens is 316 g/mol. The van der Waals surface area contributed by atoms with Crippen molar-refractivity contribution >= 4 is 29.0 Å². The second-order valence-corrected chi connectivity index (χ2v) is 6.56. The number of hydrogen-bond acceptors (Lipinski definition) is 5. The zero-order valence-corrected chi connectivity index (χ0v) is 14.4. The minimum absolute atomic E-state index is 0.0927. The molecule has 0 aliphatic carbocycles. The van der Waals surface area contributed by atoms with Gasteiger partial charge in [-0.1, -0.05) is 19.1 Å². The highest BCUT2D eigenvalue weighted by molar-refractivity contribution is 7.99. The van der Waals surface area contributed by atoms with E-state index < -0.39 is 0 Å². The van der Waals surface area contributed by atoms with Crippen LogP contribution in [0, 0.1) is 0 Å². The molecule has 0 spiro atoms. The Labute approximate surface area is 139 Å². The predicted octanol–water partition coefficient (Wildman–Crippen LogP) is 3.58. The Morgan fingerprint density at radius 1 is 1.45 bits per heavy atom. The lowest BCUT2D eigenvalue weighted by Crippen LogP contribution is -2.25. The summed E-state index contributed by atoms with van der Waals surface area (Å²) in [6.45, 7) is 2.79. The Balaban J connectivity index is 1.87. The molecule has 118 valence electrons. The number of hydrogen-bond donors (Lipinski definition) is 1. The maximum Gasteiger partial charge on any atom is 0.230 e. The van der Waals surface area contributed by atoms with E-state index in [2.05, 4.69) is 10.3 Å². The number of thiazole rings is 1. The first-order valence-corrected chi connectivity index (χ1v) is 9.19. The summed E-state index contributed by atoms with van der Waals surface area (Å²) in [6.07, 6.45) is 0.965. The van der Waals surface area contributed by atoms with Crippen molar-refractivity contribution in [1.29, 1.82) is 0 Å². The van der Waals surface area contributed by atoms with Crippen LogP contribution in [0.1, 0.15) is 19.0 Å². The van der Waals surface area contributed by atoms with Gasteiger partial charge in [0.05, 0.1) is 18.6 Å². The summed E-state index contributed by atoms with van der Waals surface area (Å²) in [5.74, 6) is 2.15. The van der Waals surface area contributed by atoms with Gasteiger partial charge in [-0.15, -0.1) is 23.1 Å². The zero-order valence-electron chi connectivity index (χ0n) is 12.8. The number of carbonyl (C=O) groups excluding carboxylic acids is 1. The molecule has 0 bridgehead atoms. The van der Waals surface area contributed by atoms with Crippen LogP contribution in [0.2, 0.25) is 0 Å². The van der Waals surface area contributed by atoms with E-state index in [0.717, 1.165) is 40.7 Å². The first-order chi connectivity index (χ1) is 10.7. The molecule has 0 fully saturated rings. The minimum atomic E-state index is 0.0927. The van der Waals surface area contributed by atoms with E-state index in [4.69, 9.17) is 4.74 Å². The molecule has 0 aliphatic rings. The first-order valence-electron chi connectivity index (χ1n) is 7.16. The van der Waals surface area contributed by atoms with Gasteiger partial charge in [0.2, 0.25) is 5.91 Å². The quantitative estimate of drug-likeness (QED) is 0.800. The van der Waals surface area contributed by atoms with Crippen LogP contribution in [0.3, 0.4) is 0 Å². The summed E-state index contributed by atoms with van der Waals surface area (Å²) in [6, 6.07) is 7.88. The Kier molecular flexibility index (Phi) is 6.74. The fourth-order valence-corrected chi connectivity index (χ4v) is 3.49. The van der Waals surface area contributed by atoms with Gasteiger partial charge in [0.15, 0.2) is 0 Å². The van der Waals surface area contributed by atoms with Crippen molar-refractivity contribution in [2.75, 3.05) is 19.4 Å². The van der Waals surface area contributed by atoms with Crippen molar-refractivity contribution in [1.82, 2.24) is 10.3 Å². The summed E-state index contributed by atoms with van der Waals surface area (Å²) in [4.78, 5) is 16.2. The molecule has 1 amide bonds. The molecule has 1 N–H and O–H groups in total. The van der Waals surface area contributed by atoms with E-state index in [1.807, 2.05) is 36.6 Å². The lowest BCUT2D eigenvalue weighted by atomic mass is 10.2. The van der Waals surface area contributed by atoms with Crippen molar-refractivity contribution in [3.05, 3.63) is 35.3 Å². The number of thioether (sulfide) groups is 1. The molecule has 4 nitrogen and oxygen atoms in total. The SMILES string of the molecule is CCCNC(=O)CSCc1csc(-c2cccc(OC)c2)n1. The number of carbonyl (C=O) groups is 1. The van der Waals surface area contributed by atoms with E-state index in [1.165, 1.54) is 0 Å². The third-order valence-electron chi connectivity index (χ3n) is 2.92. The van der Waals surface area contributed by atoms with Gasteiger partial charge in [-0.2, -0.15) is 0 Å². The number of rotatable bonds is 8. The average molecular weight is 336 g/mol. The third-order valence-corrected chi connectivity index (χ3v) is 4.83. The molecule has 0 atom stereocenters. The lowest BCUT2D eigenvalue weighted by molar-refractivity contribution is -0.118. The molecule has 1 aromatic heterocycles. The fourth-order valence-electron chi connectivity index (χ4n) is 1.83. The molecule has 1 aromatic carbocycles. The molecule has 0 unspecified atom stereocenters. The van der Waals surface area contributed by atoms with Gasteiger partial charge in [0.25, 0.3) is 0 Å². The number of nitrogens with one attached hydrogen (secondary N) is 1. The van der Waals surface area contributed by atoms with Crippen molar-refractivity contribution in [2.45, 2.75) is 19.1 Å². The van der Waals surface area contributed by atoms with Crippen molar-refractivity contribution < 1.29 is 9.53 Å². The number of amides is 1. The number of ether oxygens (including phenoxy) is 1. The Bertz CT molecular complexity index is 614. The smallest absolute Gasteiger partial charge is 0.230 e. The molecule has 2 rings (SSSR count). The van der Waals surface area contributed by atoms with Crippen LogP contribution in [-0.4, -0.2) is 30.3 Å². The van der Waals surface area contributed by atoms with E-state index in [-0.39, 0.29) is 5.91 Å². The van der Waals surface area contributed by atoms with Crippen molar-refractivity contribution in [3.63, 3.8) is 0 Å². The van der Waals surface area contributed by atoms with Gasteiger partial charge < -0.3 is 10.1 Å². The predicted molar refractivity (Wildman–Crippen MR) is 93.6 cm³/mol. The van der Waals surface area contributed by atoms with Gasteiger partial charge in [-0.25, -0.2) is 4.98 Å². The van der Waals surface area contributed by atoms with Crippen LogP contribution >= 0.6 is 23.1 Å². The Morgan fingerprint density at radius 2 is 2.32 bits per heavy atom. The topological polar surface area (TPSA) is 51.2 Å². The van der Waals surface area contributed by atoms with E-state index in [1.54, 1.807) is 30.2 Å². The van der Waals surface area contributed by atoms with Gasteiger partial charge >= 0.3 is 0 Å². The fraction of sp³-hybridized carbons (Fsp3) is 0.375. The third kappa shape index (κ3) is 5.03. The molecule has 2 aromatic rings. The average Bonchev–Trinajstić information content (AvgIpc) is 3.02. The largest absolute Gasteiger partial charge is 0.497 e. The highest BCUT2D eigenvalue weighted by Gasteiger charge is 2.07. The summed E-state index contributed by atoms with van der Waals surface area (Å²) < 4.78 is 5.23. The minimum Gasteiger partial charge on any atom is -0.497 e. The van der Waals surface area contributed by atoms with Crippen molar-refractivity contribution in [3.8, 4) is 16.3 Å². The normalized spacial score (nSPS) is 10.5. The van der Waals surface area contributed by atoms with Gasteiger partial charge in [-0.3, -0.25) is 4.79 Å². The van der Waals surface area contributed by atoms with Gasteiger partial charge in [0, 0.05) is 23.2 Å². The molecule has 0 saturated heterocycles. The zero-order chi connectivity index (χ0) is 15.8. The number of nitrogens with zero attached hydrogens (tertiary/aromatic N) is 1. The number of methoxy groups -OCH3 is 1. The van der Waals surface area contributed by atoms with Gasteiger partial charge in [0.1, 0.15) is 10.8 Å². The monoisotopic (exact) mass is 336 g/mol. The van der Waals surface area contributed by atoms with Crippen LogP contribution in [0.4, 0.5) is 0 Å². The van der Waals surface area contributed by atoms with Gasteiger partial charge in [-0.05, 0) is 18.6 Å². The maximum absolute atomic E-state index is 11.5. The highest BCUT2D eigenvalue weighted by atomic mass is 32.2. The molecule has 6 heteroatoms. The van der Waals surface area contributed by atoms with Crippen molar-refractivity contribution in [2.24, 2.45) is 0 Å². The summed E-state index contributed by atoms with van der Waals surface area (Å²) in [5, 5.41) is 5.90.